The zero-order chi connectivity index (χ0) is 17.8. The van der Waals surface area contributed by atoms with Crippen molar-refractivity contribution in [3.05, 3.63) is 63.8 Å². The predicted molar refractivity (Wildman–Crippen MR) is 86.7 cm³/mol. The van der Waals surface area contributed by atoms with Gasteiger partial charge < -0.3 is 9.64 Å². The molecule has 0 saturated carbocycles. The lowest BCUT2D eigenvalue weighted by Gasteiger charge is -2.38. The van der Waals surface area contributed by atoms with Gasteiger partial charge in [-0.2, -0.15) is 5.26 Å². The van der Waals surface area contributed by atoms with E-state index in [1.54, 1.807) is 35.4 Å². The fraction of sp³-hybridized carbons (Fsp3) is 0.235. The number of carbonyl (C=O) groups is 1. The molecule has 1 aliphatic heterocycles. The standard InChI is InChI=1S/C17H14N4O4/c18-9-13-2-1-7-19-17(13)25-15-10-20(11-15)16(22)8-12-3-5-14(6-4-12)21(23)24/h1-7,15H,8,10-11H2. The third-order valence-corrected chi connectivity index (χ3v) is 3.87. The first-order valence-corrected chi connectivity index (χ1v) is 7.59. The molecule has 1 aliphatic rings. The third-order valence-electron chi connectivity index (χ3n) is 3.87. The van der Waals surface area contributed by atoms with Gasteiger partial charge in [-0.05, 0) is 17.7 Å². The highest BCUT2D eigenvalue weighted by atomic mass is 16.6. The highest BCUT2D eigenvalue weighted by Crippen LogP contribution is 2.20. The van der Waals surface area contributed by atoms with Crippen molar-refractivity contribution in [2.75, 3.05) is 13.1 Å². The smallest absolute Gasteiger partial charge is 0.269 e. The third kappa shape index (κ3) is 3.72. The Bertz CT molecular complexity index is 838. The van der Waals surface area contributed by atoms with E-state index in [2.05, 4.69) is 4.98 Å². The molecule has 0 radical (unpaired) electrons. The molecule has 8 nitrogen and oxygen atoms in total. The van der Waals surface area contributed by atoms with E-state index in [1.165, 1.54) is 12.1 Å². The van der Waals surface area contributed by atoms with Crippen molar-refractivity contribution in [2.45, 2.75) is 12.5 Å². The Morgan fingerprint density at radius 2 is 2.08 bits per heavy atom. The molecule has 0 unspecified atom stereocenters. The summed E-state index contributed by atoms with van der Waals surface area (Å²) in [5.74, 6) is 0.202. The molecule has 0 bridgehead atoms. The average molecular weight is 338 g/mol. The highest BCUT2D eigenvalue weighted by Gasteiger charge is 2.32. The van der Waals surface area contributed by atoms with Gasteiger partial charge in [0.25, 0.3) is 5.69 Å². The van der Waals surface area contributed by atoms with Gasteiger partial charge in [-0.25, -0.2) is 4.98 Å². The lowest BCUT2D eigenvalue weighted by atomic mass is 10.1. The van der Waals surface area contributed by atoms with Crippen molar-refractivity contribution in [1.29, 1.82) is 5.26 Å². The summed E-state index contributed by atoms with van der Waals surface area (Å²) < 4.78 is 5.64. The van der Waals surface area contributed by atoms with Gasteiger partial charge in [0.05, 0.1) is 24.4 Å². The lowest BCUT2D eigenvalue weighted by Crippen LogP contribution is -2.56. The molecule has 0 aliphatic carbocycles. The molecule has 2 aromatic rings. The number of ether oxygens (including phenoxy) is 1. The summed E-state index contributed by atoms with van der Waals surface area (Å²) in [5.41, 5.74) is 1.08. The maximum atomic E-state index is 12.2. The van der Waals surface area contributed by atoms with E-state index < -0.39 is 4.92 Å². The second-order valence-electron chi connectivity index (χ2n) is 5.61. The van der Waals surface area contributed by atoms with E-state index in [0.717, 1.165) is 5.56 Å². The zero-order valence-corrected chi connectivity index (χ0v) is 13.2. The van der Waals surface area contributed by atoms with E-state index in [9.17, 15) is 14.9 Å². The van der Waals surface area contributed by atoms with E-state index in [4.69, 9.17) is 10.00 Å². The molecule has 0 atom stereocenters. The molecule has 3 rings (SSSR count). The Balaban J connectivity index is 1.51. The number of hydrogen-bond acceptors (Lipinski definition) is 6. The molecule has 126 valence electrons. The number of nitrogens with zero attached hydrogens (tertiary/aromatic N) is 4. The summed E-state index contributed by atoms with van der Waals surface area (Å²) in [6.07, 6.45) is 1.53. The van der Waals surface area contributed by atoms with Crippen molar-refractivity contribution >= 4 is 11.6 Å². The van der Waals surface area contributed by atoms with Crippen LogP contribution in [0.15, 0.2) is 42.6 Å². The van der Waals surface area contributed by atoms with Crippen LogP contribution in [0.2, 0.25) is 0 Å². The largest absolute Gasteiger partial charge is 0.470 e. The Kier molecular flexibility index (Phi) is 4.57. The van der Waals surface area contributed by atoms with E-state index >= 15 is 0 Å². The summed E-state index contributed by atoms with van der Waals surface area (Å²) in [5, 5.41) is 19.6. The van der Waals surface area contributed by atoms with Crippen LogP contribution in [0.25, 0.3) is 0 Å². The van der Waals surface area contributed by atoms with E-state index in [0.29, 0.717) is 18.7 Å². The van der Waals surface area contributed by atoms with Gasteiger partial charge in [-0.1, -0.05) is 12.1 Å². The summed E-state index contributed by atoms with van der Waals surface area (Å²) >= 11 is 0. The van der Waals surface area contributed by atoms with Crippen LogP contribution in [0.1, 0.15) is 11.1 Å². The molecular formula is C17H14N4O4. The first-order valence-electron chi connectivity index (χ1n) is 7.59. The van der Waals surface area contributed by atoms with Crippen LogP contribution < -0.4 is 4.74 Å². The minimum atomic E-state index is -0.476. The topological polar surface area (TPSA) is 109 Å². The molecule has 25 heavy (non-hydrogen) atoms. The fourth-order valence-electron chi connectivity index (χ4n) is 2.47. The fourth-order valence-corrected chi connectivity index (χ4v) is 2.47. The maximum Gasteiger partial charge on any atom is 0.269 e. The summed E-state index contributed by atoms with van der Waals surface area (Å²) in [6, 6.07) is 11.2. The molecule has 0 spiro atoms. The Labute approximate surface area is 143 Å². The Morgan fingerprint density at radius 1 is 1.36 bits per heavy atom. The number of nitriles is 1. The van der Waals surface area contributed by atoms with Gasteiger partial charge in [-0.3, -0.25) is 14.9 Å². The molecular weight excluding hydrogens is 324 g/mol. The van der Waals surface area contributed by atoms with E-state index in [-0.39, 0.29) is 30.0 Å². The SMILES string of the molecule is N#Cc1cccnc1OC1CN(C(=O)Cc2ccc([N+](=O)[O-])cc2)C1. The number of nitro groups is 1. The van der Waals surface area contributed by atoms with E-state index in [1.807, 2.05) is 6.07 Å². The van der Waals surface area contributed by atoms with Crippen LogP contribution in [-0.4, -0.2) is 39.9 Å². The number of non-ortho nitro benzene ring substituents is 1. The van der Waals surface area contributed by atoms with Gasteiger partial charge in [0, 0.05) is 18.3 Å². The monoisotopic (exact) mass is 338 g/mol. The van der Waals surface area contributed by atoms with Crippen molar-refractivity contribution < 1.29 is 14.5 Å². The van der Waals surface area contributed by atoms with Crippen LogP contribution in [-0.2, 0) is 11.2 Å². The van der Waals surface area contributed by atoms with Crippen LogP contribution in [0.4, 0.5) is 5.69 Å². The van der Waals surface area contributed by atoms with Crippen molar-refractivity contribution in [3.8, 4) is 11.9 Å². The molecule has 0 N–H and O–H groups in total. The number of nitro benzene ring substituents is 1. The number of pyridine rings is 1. The number of hydrogen-bond donors (Lipinski definition) is 0. The Hall–Kier alpha value is -3.47. The zero-order valence-electron chi connectivity index (χ0n) is 13.2. The van der Waals surface area contributed by atoms with Gasteiger partial charge in [-0.15, -0.1) is 0 Å². The van der Waals surface area contributed by atoms with Gasteiger partial charge in [0.1, 0.15) is 17.7 Å². The second kappa shape index (κ2) is 6.97. The van der Waals surface area contributed by atoms with Crippen LogP contribution >= 0.6 is 0 Å². The number of rotatable bonds is 5. The predicted octanol–water partition coefficient (Wildman–Crippen LogP) is 1.69. The van der Waals surface area contributed by atoms with Crippen LogP contribution in [0.5, 0.6) is 5.88 Å². The average Bonchev–Trinajstić information content (AvgIpc) is 2.58. The van der Waals surface area contributed by atoms with Crippen LogP contribution in [0, 0.1) is 21.4 Å². The number of likely N-dealkylation sites (tertiary alicyclic amines) is 1. The van der Waals surface area contributed by atoms with Crippen LogP contribution in [0.3, 0.4) is 0 Å². The van der Waals surface area contributed by atoms with Crippen molar-refractivity contribution in [3.63, 3.8) is 0 Å². The highest BCUT2D eigenvalue weighted by molar-refractivity contribution is 5.79. The molecule has 8 heteroatoms. The van der Waals surface area contributed by atoms with Gasteiger partial charge >= 0.3 is 0 Å². The molecule has 2 heterocycles. The summed E-state index contributed by atoms with van der Waals surface area (Å²) in [4.78, 5) is 28.0. The summed E-state index contributed by atoms with van der Waals surface area (Å²) in [7, 11) is 0. The molecule has 1 aromatic heterocycles. The molecule has 1 saturated heterocycles. The molecule has 1 amide bonds. The Morgan fingerprint density at radius 3 is 2.72 bits per heavy atom. The van der Waals surface area contributed by atoms with Gasteiger partial charge in [0.2, 0.25) is 11.8 Å². The second-order valence-corrected chi connectivity index (χ2v) is 5.61. The number of benzene rings is 1. The first kappa shape index (κ1) is 16.4. The number of carbonyl (C=O) groups excluding carboxylic acids is 1. The van der Waals surface area contributed by atoms with Gasteiger partial charge in [0.15, 0.2) is 0 Å². The molecule has 1 aromatic carbocycles. The lowest BCUT2D eigenvalue weighted by molar-refractivity contribution is -0.384. The maximum absolute atomic E-state index is 12.2. The minimum Gasteiger partial charge on any atom is -0.470 e. The molecule has 1 fully saturated rings. The minimum absolute atomic E-state index is 0.00253. The number of aromatic nitrogens is 1. The summed E-state index contributed by atoms with van der Waals surface area (Å²) in [6.45, 7) is 0.848. The first-order chi connectivity index (χ1) is 12.1. The normalized spacial score (nSPS) is 13.6. The number of amides is 1. The van der Waals surface area contributed by atoms with Crippen molar-refractivity contribution in [1.82, 2.24) is 9.88 Å². The quantitative estimate of drug-likeness (QED) is 0.606. The van der Waals surface area contributed by atoms with Crippen molar-refractivity contribution in [2.24, 2.45) is 0 Å².